The summed E-state index contributed by atoms with van der Waals surface area (Å²) in [4.78, 5) is 34.4. The molecular weight excluding hydrogens is 318 g/mol. The molecule has 1 saturated heterocycles. The summed E-state index contributed by atoms with van der Waals surface area (Å²) in [7, 11) is 0. The minimum Gasteiger partial charge on any atom is -0.471 e. The number of benzene rings is 1. The molecule has 1 fully saturated rings. The van der Waals surface area contributed by atoms with E-state index in [0.29, 0.717) is 24.5 Å². The average molecular weight is 339 g/mol. The number of rotatable bonds is 6. The van der Waals surface area contributed by atoms with Gasteiger partial charge in [-0.2, -0.15) is 0 Å². The van der Waals surface area contributed by atoms with Crippen molar-refractivity contribution < 1.29 is 14.3 Å². The molecule has 0 N–H and O–H groups in total. The molecule has 1 aromatic carbocycles. The smallest absolute Gasteiger partial charge is 0.232 e. The van der Waals surface area contributed by atoms with Gasteiger partial charge in [0, 0.05) is 37.3 Å². The molecule has 1 amide bonds. The predicted molar refractivity (Wildman–Crippen MR) is 92.3 cm³/mol. The van der Waals surface area contributed by atoms with E-state index in [2.05, 4.69) is 9.97 Å². The lowest BCUT2D eigenvalue weighted by Crippen LogP contribution is -2.44. The Balaban J connectivity index is 1.49. The Hall–Kier alpha value is -2.76. The Kier molecular flexibility index (Phi) is 5.72. The summed E-state index contributed by atoms with van der Waals surface area (Å²) in [5, 5.41) is 0. The summed E-state index contributed by atoms with van der Waals surface area (Å²) in [6, 6.07) is 9.08. The van der Waals surface area contributed by atoms with Gasteiger partial charge in [0.05, 0.1) is 12.7 Å². The van der Waals surface area contributed by atoms with Gasteiger partial charge < -0.3 is 9.64 Å². The molecule has 25 heavy (non-hydrogen) atoms. The van der Waals surface area contributed by atoms with Gasteiger partial charge in [0.25, 0.3) is 0 Å². The Morgan fingerprint density at radius 1 is 1.16 bits per heavy atom. The van der Waals surface area contributed by atoms with E-state index in [0.717, 1.165) is 12.8 Å². The summed E-state index contributed by atoms with van der Waals surface area (Å²) < 4.78 is 5.80. The van der Waals surface area contributed by atoms with E-state index in [4.69, 9.17) is 4.74 Å². The molecule has 130 valence electrons. The largest absolute Gasteiger partial charge is 0.471 e. The van der Waals surface area contributed by atoms with Crippen molar-refractivity contribution in [2.75, 3.05) is 13.1 Å². The lowest BCUT2D eigenvalue weighted by atomic mass is 10.0. The van der Waals surface area contributed by atoms with Crippen LogP contribution in [-0.2, 0) is 4.79 Å². The fourth-order valence-corrected chi connectivity index (χ4v) is 2.92. The van der Waals surface area contributed by atoms with Crippen molar-refractivity contribution >= 4 is 11.7 Å². The normalized spacial score (nSPS) is 17.1. The summed E-state index contributed by atoms with van der Waals surface area (Å²) in [5.74, 6) is 0.469. The molecule has 1 aliphatic heterocycles. The van der Waals surface area contributed by atoms with Crippen molar-refractivity contribution in [3.63, 3.8) is 0 Å². The number of ketones is 1. The van der Waals surface area contributed by atoms with Gasteiger partial charge in [-0.1, -0.05) is 30.3 Å². The van der Waals surface area contributed by atoms with Crippen LogP contribution in [0, 0.1) is 0 Å². The molecule has 0 saturated carbocycles. The van der Waals surface area contributed by atoms with Crippen LogP contribution in [0.1, 0.15) is 36.0 Å². The second-order valence-corrected chi connectivity index (χ2v) is 6.05. The SMILES string of the molecule is O=C(CCC(=O)N1CCCC(Oc2cnccn2)C1)c1ccccc1. The van der Waals surface area contributed by atoms with Crippen molar-refractivity contribution in [2.24, 2.45) is 0 Å². The van der Waals surface area contributed by atoms with Crippen molar-refractivity contribution in [1.29, 1.82) is 0 Å². The Labute approximate surface area is 146 Å². The van der Waals surface area contributed by atoms with Gasteiger partial charge in [0.1, 0.15) is 6.10 Å². The third-order valence-electron chi connectivity index (χ3n) is 4.22. The summed E-state index contributed by atoms with van der Waals surface area (Å²) in [5.41, 5.74) is 0.651. The third kappa shape index (κ3) is 4.86. The van der Waals surface area contributed by atoms with Gasteiger partial charge in [0.15, 0.2) is 5.78 Å². The number of Topliss-reactive ketones (excluding diaryl/α,β-unsaturated/α-hetero) is 1. The van der Waals surface area contributed by atoms with Gasteiger partial charge in [-0.25, -0.2) is 4.98 Å². The first-order chi connectivity index (χ1) is 12.2. The topological polar surface area (TPSA) is 72.4 Å². The number of carbonyl (C=O) groups is 2. The Morgan fingerprint density at radius 3 is 2.76 bits per heavy atom. The first kappa shape index (κ1) is 17.1. The standard InChI is InChI=1S/C19H21N3O3/c23-17(15-5-2-1-3-6-15)8-9-19(24)22-12-4-7-16(14-22)25-18-13-20-10-11-21-18/h1-3,5-6,10-11,13,16H,4,7-9,12,14H2. The fourth-order valence-electron chi connectivity index (χ4n) is 2.92. The van der Waals surface area contributed by atoms with Crippen molar-refractivity contribution in [3.8, 4) is 5.88 Å². The highest BCUT2D eigenvalue weighted by Crippen LogP contribution is 2.17. The molecule has 0 radical (unpaired) electrons. The number of aromatic nitrogens is 2. The van der Waals surface area contributed by atoms with Crippen LogP contribution in [0.15, 0.2) is 48.9 Å². The van der Waals surface area contributed by atoms with Crippen LogP contribution in [0.4, 0.5) is 0 Å². The molecule has 1 aliphatic rings. The first-order valence-electron chi connectivity index (χ1n) is 8.51. The zero-order valence-corrected chi connectivity index (χ0v) is 14.0. The molecule has 1 aromatic heterocycles. The average Bonchev–Trinajstić information content (AvgIpc) is 2.67. The molecule has 2 heterocycles. The van der Waals surface area contributed by atoms with E-state index in [-0.39, 0.29) is 30.6 Å². The second kappa shape index (κ2) is 8.37. The molecule has 6 heteroatoms. The quantitative estimate of drug-likeness (QED) is 0.756. The van der Waals surface area contributed by atoms with Crippen LogP contribution in [-0.4, -0.2) is 45.8 Å². The molecule has 2 aromatic rings. The van der Waals surface area contributed by atoms with Crippen molar-refractivity contribution in [1.82, 2.24) is 14.9 Å². The zero-order chi connectivity index (χ0) is 17.5. The molecule has 1 atom stereocenters. The highest BCUT2D eigenvalue weighted by molar-refractivity contribution is 5.97. The number of hydrogen-bond donors (Lipinski definition) is 0. The van der Waals surface area contributed by atoms with Gasteiger partial charge in [-0.05, 0) is 12.8 Å². The maximum absolute atomic E-state index is 12.4. The molecule has 6 nitrogen and oxygen atoms in total. The Morgan fingerprint density at radius 2 is 2.00 bits per heavy atom. The zero-order valence-electron chi connectivity index (χ0n) is 14.0. The molecular formula is C19H21N3O3. The van der Waals surface area contributed by atoms with Crippen LogP contribution < -0.4 is 4.74 Å². The van der Waals surface area contributed by atoms with Crippen LogP contribution >= 0.6 is 0 Å². The highest BCUT2D eigenvalue weighted by Gasteiger charge is 2.25. The van der Waals surface area contributed by atoms with Crippen LogP contribution in [0.2, 0.25) is 0 Å². The molecule has 1 unspecified atom stereocenters. The monoisotopic (exact) mass is 339 g/mol. The molecule has 0 bridgehead atoms. The minimum atomic E-state index is -0.0841. The lowest BCUT2D eigenvalue weighted by molar-refractivity contribution is -0.133. The summed E-state index contributed by atoms with van der Waals surface area (Å²) in [6.07, 6.45) is 6.87. The van der Waals surface area contributed by atoms with Crippen molar-refractivity contribution in [2.45, 2.75) is 31.8 Å². The van der Waals surface area contributed by atoms with E-state index in [1.165, 1.54) is 0 Å². The molecule has 0 aliphatic carbocycles. The maximum atomic E-state index is 12.4. The van der Waals surface area contributed by atoms with Gasteiger partial charge in [0.2, 0.25) is 11.8 Å². The lowest BCUT2D eigenvalue weighted by Gasteiger charge is -2.32. The van der Waals surface area contributed by atoms with Crippen LogP contribution in [0.25, 0.3) is 0 Å². The fraction of sp³-hybridized carbons (Fsp3) is 0.368. The van der Waals surface area contributed by atoms with E-state index in [9.17, 15) is 9.59 Å². The summed E-state index contributed by atoms with van der Waals surface area (Å²) >= 11 is 0. The highest BCUT2D eigenvalue weighted by atomic mass is 16.5. The van der Waals surface area contributed by atoms with Gasteiger partial charge in [-0.3, -0.25) is 14.6 Å². The van der Waals surface area contributed by atoms with Crippen molar-refractivity contribution in [3.05, 3.63) is 54.5 Å². The number of nitrogens with zero attached hydrogens (tertiary/aromatic N) is 3. The van der Waals surface area contributed by atoms with E-state index < -0.39 is 0 Å². The number of amides is 1. The van der Waals surface area contributed by atoms with Crippen LogP contribution in [0.5, 0.6) is 5.88 Å². The van der Waals surface area contributed by atoms with Gasteiger partial charge in [-0.15, -0.1) is 0 Å². The second-order valence-electron chi connectivity index (χ2n) is 6.05. The molecule has 0 spiro atoms. The van der Waals surface area contributed by atoms with E-state index in [1.807, 2.05) is 18.2 Å². The summed E-state index contributed by atoms with van der Waals surface area (Å²) in [6.45, 7) is 1.23. The van der Waals surface area contributed by atoms with Gasteiger partial charge >= 0.3 is 0 Å². The predicted octanol–water partition coefficient (Wildman–Crippen LogP) is 2.51. The minimum absolute atomic E-state index is 0.00156. The number of ether oxygens (including phenoxy) is 1. The van der Waals surface area contributed by atoms with Crippen LogP contribution in [0.3, 0.4) is 0 Å². The van der Waals surface area contributed by atoms with E-state index >= 15 is 0 Å². The number of likely N-dealkylation sites (tertiary alicyclic amines) is 1. The number of piperidine rings is 1. The maximum Gasteiger partial charge on any atom is 0.232 e. The number of hydrogen-bond acceptors (Lipinski definition) is 5. The number of carbonyl (C=O) groups excluding carboxylic acids is 2. The third-order valence-corrected chi connectivity index (χ3v) is 4.22. The van der Waals surface area contributed by atoms with E-state index in [1.54, 1.807) is 35.6 Å². The molecule has 3 rings (SSSR count). The first-order valence-corrected chi connectivity index (χ1v) is 8.51. The Bertz CT molecular complexity index is 706.